The third-order valence-electron chi connectivity index (χ3n) is 6.43. The number of sulfonamides is 1. The van der Waals surface area contributed by atoms with E-state index in [-0.39, 0.29) is 24.5 Å². The topological polar surface area (TPSA) is 66.5 Å². The zero-order valence-corrected chi connectivity index (χ0v) is 16.2. The largest absolute Gasteiger partial charge is 0.349 e. The lowest BCUT2D eigenvalue weighted by Crippen LogP contribution is -2.61. The van der Waals surface area contributed by atoms with Gasteiger partial charge in [0.05, 0.1) is 12.8 Å². The van der Waals surface area contributed by atoms with E-state index in [0.717, 1.165) is 42.6 Å². The number of benzene rings is 1. The van der Waals surface area contributed by atoms with Crippen LogP contribution in [0, 0.1) is 17.8 Å². The fourth-order valence-corrected chi connectivity index (χ4v) is 6.57. The van der Waals surface area contributed by atoms with Crippen LogP contribution in [0.5, 0.6) is 0 Å². The van der Waals surface area contributed by atoms with Gasteiger partial charge < -0.3 is 5.32 Å². The molecule has 5 nitrogen and oxygen atoms in total. The van der Waals surface area contributed by atoms with Gasteiger partial charge >= 0.3 is 0 Å². The van der Waals surface area contributed by atoms with Gasteiger partial charge in [0.15, 0.2) is 0 Å². The van der Waals surface area contributed by atoms with E-state index < -0.39 is 10.0 Å². The van der Waals surface area contributed by atoms with Gasteiger partial charge in [0.2, 0.25) is 15.9 Å². The Kier molecular flexibility index (Phi) is 4.59. The van der Waals surface area contributed by atoms with E-state index >= 15 is 0 Å². The number of rotatable bonds is 6. The van der Waals surface area contributed by atoms with Crippen molar-refractivity contribution in [3.05, 3.63) is 35.9 Å². The Balaban J connectivity index is 1.44. The zero-order valence-electron chi connectivity index (χ0n) is 15.4. The van der Waals surface area contributed by atoms with Crippen molar-refractivity contribution in [3.8, 4) is 0 Å². The summed E-state index contributed by atoms with van der Waals surface area (Å²) in [5.74, 6) is 2.08. The van der Waals surface area contributed by atoms with Gasteiger partial charge in [-0.2, -0.15) is 4.31 Å². The molecule has 1 N–H and O–H groups in total. The predicted octanol–water partition coefficient (Wildman–Crippen LogP) is 2.53. The molecule has 6 heteroatoms. The average Bonchev–Trinajstić information content (AvgIpc) is 2.52. The monoisotopic (exact) mass is 376 g/mol. The van der Waals surface area contributed by atoms with E-state index in [4.69, 9.17) is 0 Å². The fraction of sp³-hybridized carbons (Fsp3) is 0.650. The molecule has 0 radical (unpaired) electrons. The molecule has 0 heterocycles. The second kappa shape index (κ2) is 6.64. The van der Waals surface area contributed by atoms with Crippen LogP contribution in [0.4, 0.5) is 0 Å². The summed E-state index contributed by atoms with van der Waals surface area (Å²) in [5.41, 5.74) is 0.808. The number of hydrogen-bond acceptors (Lipinski definition) is 3. The summed E-state index contributed by atoms with van der Waals surface area (Å²) >= 11 is 0. The molecule has 0 aliphatic heterocycles. The van der Waals surface area contributed by atoms with Crippen molar-refractivity contribution in [1.82, 2.24) is 9.62 Å². The molecule has 1 aromatic rings. The quantitative estimate of drug-likeness (QED) is 0.830. The molecule has 0 saturated heterocycles. The highest BCUT2D eigenvalue weighted by molar-refractivity contribution is 7.88. The molecule has 4 bridgehead atoms. The first-order valence-corrected chi connectivity index (χ1v) is 11.5. The number of carbonyl (C=O) groups is 1. The van der Waals surface area contributed by atoms with E-state index in [1.54, 1.807) is 0 Å². The smallest absolute Gasteiger partial charge is 0.235 e. The maximum absolute atomic E-state index is 12.8. The Hall–Kier alpha value is -1.40. The van der Waals surface area contributed by atoms with Gasteiger partial charge in [-0.15, -0.1) is 0 Å². The summed E-state index contributed by atoms with van der Waals surface area (Å²) in [6.45, 7) is 0.128. The molecule has 0 aromatic heterocycles. The maximum Gasteiger partial charge on any atom is 0.235 e. The molecule has 1 aromatic carbocycles. The second-order valence-corrected chi connectivity index (χ2v) is 10.7. The normalized spacial score (nSPS) is 32.8. The van der Waals surface area contributed by atoms with Crippen molar-refractivity contribution in [2.45, 2.75) is 50.6 Å². The lowest BCUT2D eigenvalue weighted by Gasteiger charge is -2.57. The highest BCUT2D eigenvalue weighted by atomic mass is 32.2. The lowest BCUT2D eigenvalue weighted by atomic mass is 9.53. The van der Waals surface area contributed by atoms with Gasteiger partial charge in [0.25, 0.3) is 0 Å². The van der Waals surface area contributed by atoms with Crippen LogP contribution in [0.1, 0.15) is 44.1 Å². The number of hydrogen-bond donors (Lipinski definition) is 1. The molecule has 4 fully saturated rings. The summed E-state index contributed by atoms with van der Waals surface area (Å²) in [5, 5.41) is 3.27. The highest BCUT2D eigenvalue weighted by Crippen LogP contribution is 2.55. The van der Waals surface area contributed by atoms with Gasteiger partial charge in [-0.1, -0.05) is 30.3 Å². The molecule has 26 heavy (non-hydrogen) atoms. The van der Waals surface area contributed by atoms with Crippen molar-refractivity contribution in [3.63, 3.8) is 0 Å². The molecule has 0 atom stereocenters. The Bertz CT molecular complexity index is 740. The van der Waals surface area contributed by atoms with E-state index in [2.05, 4.69) is 5.32 Å². The molecule has 1 amide bonds. The van der Waals surface area contributed by atoms with E-state index in [9.17, 15) is 13.2 Å². The van der Waals surface area contributed by atoms with E-state index in [1.165, 1.54) is 29.8 Å². The molecule has 0 spiro atoms. The maximum atomic E-state index is 12.8. The molecule has 0 unspecified atom stereocenters. The van der Waals surface area contributed by atoms with Crippen LogP contribution < -0.4 is 5.32 Å². The molecular weight excluding hydrogens is 348 g/mol. The third-order valence-corrected chi connectivity index (χ3v) is 7.63. The Morgan fingerprint density at radius 1 is 1.08 bits per heavy atom. The van der Waals surface area contributed by atoms with Gasteiger partial charge in [-0.3, -0.25) is 4.79 Å². The average molecular weight is 377 g/mol. The highest BCUT2D eigenvalue weighted by Gasteiger charge is 2.51. The second-order valence-electron chi connectivity index (χ2n) is 8.76. The molecule has 4 saturated carbocycles. The van der Waals surface area contributed by atoms with Crippen LogP contribution in [-0.4, -0.2) is 37.0 Å². The fourth-order valence-electron chi connectivity index (χ4n) is 5.84. The van der Waals surface area contributed by atoms with Crippen LogP contribution in [0.2, 0.25) is 0 Å². The summed E-state index contributed by atoms with van der Waals surface area (Å²) < 4.78 is 25.6. The number of amides is 1. The SMILES string of the molecule is CS(=O)(=O)N(CC(=O)NC12CC3CC(CC(C3)C1)C2)Cc1ccccc1. The van der Waals surface area contributed by atoms with Crippen molar-refractivity contribution in [2.75, 3.05) is 12.8 Å². The number of carbonyl (C=O) groups excluding carboxylic acids is 1. The summed E-state index contributed by atoms with van der Waals surface area (Å²) in [4.78, 5) is 12.8. The third kappa shape index (κ3) is 3.81. The molecule has 4 aliphatic rings. The molecular formula is C20H28N2O3S. The van der Waals surface area contributed by atoms with Gasteiger partial charge in [0, 0.05) is 12.1 Å². The van der Waals surface area contributed by atoms with Crippen LogP contribution in [0.15, 0.2) is 30.3 Å². The minimum absolute atomic E-state index is 0.0816. The van der Waals surface area contributed by atoms with Crippen molar-refractivity contribution < 1.29 is 13.2 Å². The Morgan fingerprint density at radius 2 is 1.62 bits per heavy atom. The number of nitrogens with zero attached hydrogens (tertiary/aromatic N) is 1. The van der Waals surface area contributed by atoms with Gasteiger partial charge in [-0.05, 0) is 61.8 Å². The van der Waals surface area contributed by atoms with E-state index in [1.807, 2.05) is 30.3 Å². The summed E-state index contributed by atoms with van der Waals surface area (Å²) in [6.07, 6.45) is 8.34. The summed E-state index contributed by atoms with van der Waals surface area (Å²) in [6, 6.07) is 9.43. The summed E-state index contributed by atoms with van der Waals surface area (Å²) in [7, 11) is -3.45. The standard InChI is InChI=1S/C20H28N2O3S/c1-26(24,25)22(13-15-5-3-2-4-6-15)14-19(23)21-20-10-16-7-17(11-20)9-18(8-16)12-20/h2-6,16-18H,7-14H2,1H3,(H,21,23). The van der Waals surface area contributed by atoms with Gasteiger partial charge in [0.1, 0.15) is 0 Å². The minimum Gasteiger partial charge on any atom is -0.349 e. The van der Waals surface area contributed by atoms with Crippen molar-refractivity contribution in [2.24, 2.45) is 17.8 Å². The lowest BCUT2D eigenvalue weighted by molar-refractivity contribution is -0.127. The van der Waals surface area contributed by atoms with Crippen molar-refractivity contribution >= 4 is 15.9 Å². The molecule has 5 rings (SSSR count). The number of nitrogens with one attached hydrogen (secondary N) is 1. The van der Waals surface area contributed by atoms with Crippen LogP contribution >= 0.6 is 0 Å². The minimum atomic E-state index is -3.45. The van der Waals surface area contributed by atoms with Crippen molar-refractivity contribution in [1.29, 1.82) is 0 Å². The predicted molar refractivity (Wildman–Crippen MR) is 101 cm³/mol. The van der Waals surface area contributed by atoms with Crippen LogP contribution in [0.3, 0.4) is 0 Å². The Morgan fingerprint density at radius 3 is 2.12 bits per heavy atom. The van der Waals surface area contributed by atoms with E-state index in [0.29, 0.717) is 0 Å². The first kappa shape index (κ1) is 18.0. The van der Waals surface area contributed by atoms with Gasteiger partial charge in [-0.25, -0.2) is 8.42 Å². The molecule has 142 valence electrons. The van der Waals surface area contributed by atoms with Crippen LogP contribution in [-0.2, 0) is 21.4 Å². The Labute approximate surface area is 156 Å². The zero-order chi connectivity index (χ0) is 18.4. The van der Waals surface area contributed by atoms with Crippen LogP contribution in [0.25, 0.3) is 0 Å². The first-order valence-electron chi connectivity index (χ1n) is 9.61. The molecule has 4 aliphatic carbocycles. The first-order chi connectivity index (χ1) is 12.3.